The van der Waals surface area contributed by atoms with Crippen LogP contribution < -0.4 is 10.9 Å². The highest BCUT2D eigenvalue weighted by molar-refractivity contribution is 6.03. The molecule has 0 atom stereocenters. The molecule has 0 aliphatic heterocycles. The van der Waals surface area contributed by atoms with Crippen LogP contribution in [0.15, 0.2) is 71.5 Å². The van der Waals surface area contributed by atoms with Crippen molar-refractivity contribution >= 4 is 22.8 Å². The lowest BCUT2D eigenvalue weighted by Crippen LogP contribution is -2.39. The maximum Gasteiger partial charge on any atom is 0.310 e. The van der Waals surface area contributed by atoms with Crippen molar-refractivity contribution in [3.8, 4) is 22.9 Å². The molecule has 2 heterocycles. The van der Waals surface area contributed by atoms with Crippen LogP contribution in [-0.4, -0.2) is 38.2 Å². The quantitative estimate of drug-likeness (QED) is 0.355. The Morgan fingerprint density at radius 3 is 2.30 bits per heavy atom. The van der Waals surface area contributed by atoms with Gasteiger partial charge in [-0.15, -0.1) is 0 Å². The van der Waals surface area contributed by atoms with Gasteiger partial charge in [-0.3, -0.25) is 14.4 Å². The van der Waals surface area contributed by atoms with Crippen LogP contribution in [0, 0.1) is 16.7 Å². The normalized spacial score (nSPS) is 11.2. The number of nitrogens with one attached hydrogen (secondary N) is 1. The molecule has 37 heavy (non-hydrogen) atoms. The average molecular weight is 497 g/mol. The van der Waals surface area contributed by atoms with Crippen molar-refractivity contribution in [2.24, 2.45) is 5.41 Å². The third-order valence-corrected chi connectivity index (χ3v) is 6.08. The number of hydrogen-bond acceptors (Lipinski definition) is 6. The van der Waals surface area contributed by atoms with Gasteiger partial charge in [0.2, 0.25) is 0 Å². The second-order valence-corrected chi connectivity index (χ2v) is 9.20. The van der Waals surface area contributed by atoms with Gasteiger partial charge in [0.05, 0.1) is 17.5 Å². The Morgan fingerprint density at radius 1 is 1.08 bits per heavy atom. The number of nitrogens with zero attached hydrogens (tertiary/aromatic N) is 3. The minimum Gasteiger partial charge on any atom is -0.505 e. The highest BCUT2D eigenvalue weighted by atomic mass is 16.4. The van der Waals surface area contributed by atoms with Crippen LogP contribution in [0.1, 0.15) is 35.6 Å². The van der Waals surface area contributed by atoms with E-state index in [1.165, 1.54) is 24.5 Å². The van der Waals surface area contributed by atoms with Crippen molar-refractivity contribution < 1.29 is 19.8 Å². The topological polar surface area (TPSA) is 145 Å². The fourth-order valence-corrected chi connectivity index (χ4v) is 3.89. The summed E-state index contributed by atoms with van der Waals surface area (Å²) in [6, 6.07) is 21.4. The number of carbonyl (C=O) groups excluding carboxylic acids is 1. The van der Waals surface area contributed by atoms with E-state index in [1.54, 1.807) is 24.3 Å². The summed E-state index contributed by atoms with van der Waals surface area (Å²) in [6.07, 6.45) is 0. The van der Waals surface area contributed by atoms with Gasteiger partial charge in [0.25, 0.3) is 11.5 Å². The average Bonchev–Trinajstić information content (AvgIpc) is 2.90. The number of amides is 1. The van der Waals surface area contributed by atoms with Gasteiger partial charge in [-0.25, -0.2) is 4.98 Å². The molecule has 0 unspecified atom stereocenters. The van der Waals surface area contributed by atoms with Crippen molar-refractivity contribution in [1.29, 1.82) is 5.26 Å². The van der Waals surface area contributed by atoms with E-state index in [1.807, 2.05) is 42.5 Å². The smallest absolute Gasteiger partial charge is 0.310 e. The molecule has 0 aliphatic carbocycles. The maximum absolute atomic E-state index is 13.7. The molecule has 0 fully saturated rings. The lowest BCUT2D eigenvalue weighted by atomic mass is 9.94. The zero-order valence-corrected chi connectivity index (χ0v) is 20.2. The van der Waals surface area contributed by atoms with Gasteiger partial charge >= 0.3 is 5.97 Å². The van der Waals surface area contributed by atoms with Gasteiger partial charge in [0.1, 0.15) is 6.07 Å². The summed E-state index contributed by atoms with van der Waals surface area (Å²) in [4.78, 5) is 42.1. The SMILES string of the molecule is CC(C)(CNC(=O)c1nc(C#N)c2c(cc(-c3ccccc3)c(=O)n2Cc2ccccc2)c1O)C(=O)O. The number of carboxylic acid groups (broad SMARTS) is 1. The van der Waals surface area contributed by atoms with Crippen LogP contribution in [0.3, 0.4) is 0 Å². The summed E-state index contributed by atoms with van der Waals surface area (Å²) < 4.78 is 1.37. The number of aliphatic carboxylic acids is 1. The van der Waals surface area contributed by atoms with E-state index in [-0.39, 0.29) is 40.8 Å². The van der Waals surface area contributed by atoms with Gasteiger partial charge < -0.3 is 20.1 Å². The van der Waals surface area contributed by atoms with Crippen molar-refractivity contribution in [2.75, 3.05) is 6.54 Å². The van der Waals surface area contributed by atoms with Gasteiger partial charge in [0, 0.05) is 17.5 Å². The number of aromatic nitrogens is 2. The van der Waals surface area contributed by atoms with Crippen LogP contribution >= 0.6 is 0 Å². The molecule has 9 heteroatoms. The minimum atomic E-state index is -1.27. The third kappa shape index (κ3) is 4.90. The van der Waals surface area contributed by atoms with Gasteiger partial charge in [-0.05, 0) is 31.0 Å². The Balaban J connectivity index is 1.96. The predicted octanol–water partition coefficient (Wildman–Crippen LogP) is 3.53. The lowest BCUT2D eigenvalue weighted by molar-refractivity contribution is -0.146. The second-order valence-electron chi connectivity index (χ2n) is 9.20. The fraction of sp³-hybridized carbons (Fsp3) is 0.179. The molecule has 1 amide bonds. The first kappa shape index (κ1) is 25.1. The Kier molecular flexibility index (Phi) is 6.76. The number of carbonyl (C=O) groups is 2. The van der Waals surface area contributed by atoms with E-state index in [2.05, 4.69) is 10.3 Å². The highest BCUT2D eigenvalue weighted by Crippen LogP contribution is 2.32. The number of hydrogen-bond donors (Lipinski definition) is 3. The van der Waals surface area contributed by atoms with E-state index in [0.29, 0.717) is 5.56 Å². The monoisotopic (exact) mass is 496 g/mol. The number of benzene rings is 2. The first-order valence-corrected chi connectivity index (χ1v) is 11.5. The largest absolute Gasteiger partial charge is 0.505 e. The van der Waals surface area contributed by atoms with Crippen LogP contribution in [0.2, 0.25) is 0 Å². The number of carboxylic acids is 1. The number of rotatable bonds is 7. The molecule has 2 aromatic heterocycles. The van der Waals surface area contributed by atoms with E-state index in [0.717, 1.165) is 5.56 Å². The van der Waals surface area contributed by atoms with Crippen molar-refractivity contribution in [2.45, 2.75) is 20.4 Å². The molecular formula is C28H24N4O5. The minimum absolute atomic E-state index is 0.0935. The molecule has 0 bridgehead atoms. The predicted molar refractivity (Wildman–Crippen MR) is 137 cm³/mol. The molecule has 3 N–H and O–H groups in total. The summed E-state index contributed by atoms with van der Waals surface area (Å²) in [5.41, 5.74) is -0.560. The number of pyridine rings is 2. The molecule has 4 aromatic rings. The Hall–Kier alpha value is -4.97. The first-order chi connectivity index (χ1) is 17.6. The van der Waals surface area contributed by atoms with Crippen LogP contribution in [0.5, 0.6) is 5.75 Å². The summed E-state index contributed by atoms with van der Waals surface area (Å²) in [7, 11) is 0. The molecular weight excluding hydrogens is 472 g/mol. The molecule has 2 aromatic carbocycles. The van der Waals surface area contributed by atoms with Crippen LogP contribution in [-0.2, 0) is 11.3 Å². The van der Waals surface area contributed by atoms with Crippen molar-refractivity contribution in [3.63, 3.8) is 0 Å². The number of nitriles is 1. The van der Waals surface area contributed by atoms with Gasteiger partial charge in [0.15, 0.2) is 17.1 Å². The lowest BCUT2D eigenvalue weighted by Gasteiger charge is -2.20. The highest BCUT2D eigenvalue weighted by Gasteiger charge is 2.29. The molecule has 0 radical (unpaired) electrons. The fourth-order valence-electron chi connectivity index (χ4n) is 3.89. The van der Waals surface area contributed by atoms with Crippen LogP contribution in [0.4, 0.5) is 0 Å². The Labute approximate surface area is 212 Å². The maximum atomic E-state index is 13.7. The Bertz CT molecular complexity index is 1600. The third-order valence-electron chi connectivity index (χ3n) is 6.08. The molecule has 4 rings (SSSR count). The summed E-state index contributed by atoms with van der Waals surface area (Å²) >= 11 is 0. The Morgan fingerprint density at radius 2 is 1.70 bits per heavy atom. The standard InChI is InChI=1S/C28H24N4O5/c1-28(2,27(36)37)16-30-25(34)22-24(33)20-13-19(18-11-7-4-8-12-18)26(35)32(23(20)21(14-29)31-22)15-17-9-5-3-6-10-17/h3-13,33H,15-16H2,1-2H3,(H,30,34)(H,36,37). The zero-order chi connectivity index (χ0) is 26.7. The molecule has 0 saturated carbocycles. The van der Waals surface area contributed by atoms with E-state index >= 15 is 0 Å². The van der Waals surface area contributed by atoms with Crippen molar-refractivity contribution in [1.82, 2.24) is 14.9 Å². The summed E-state index contributed by atoms with van der Waals surface area (Å²) in [5.74, 6) is -2.47. The van der Waals surface area contributed by atoms with Gasteiger partial charge in [-0.1, -0.05) is 60.7 Å². The molecule has 9 nitrogen and oxygen atoms in total. The molecule has 0 aliphatic rings. The van der Waals surface area contributed by atoms with Gasteiger partial charge in [-0.2, -0.15) is 5.26 Å². The molecule has 186 valence electrons. The zero-order valence-electron chi connectivity index (χ0n) is 20.2. The molecule has 0 saturated heterocycles. The van der Waals surface area contributed by atoms with Crippen LogP contribution in [0.25, 0.3) is 22.0 Å². The van der Waals surface area contributed by atoms with E-state index < -0.39 is 28.7 Å². The van der Waals surface area contributed by atoms with Crippen molar-refractivity contribution in [3.05, 3.63) is 94.0 Å². The summed E-state index contributed by atoms with van der Waals surface area (Å²) in [5, 5.41) is 33.0. The first-order valence-electron chi connectivity index (χ1n) is 11.5. The van der Waals surface area contributed by atoms with E-state index in [9.17, 15) is 29.9 Å². The molecule has 0 spiro atoms. The summed E-state index contributed by atoms with van der Waals surface area (Å²) in [6.45, 7) is 2.76. The van der Waals surface area contributed by atoms with E-state index in [4.69, 9.17) is 0 Å². The number of aromatic hydroxyl groups is 1. The second kappa shape index (κ2) is 9.95. The number of fused-ring (bicyclic) bond motifs is 1.